The van der Waals surface area contributed by atoms with E-state index in [4.69, 9.17) is 0 Å². The molecule has 0 saturated carbocycles. The van der Waals surface area contributed by atoms with Crippen LogP contribution >= 0.6 is 0 Å². The van der Waals surface area contributed by atoms with Gasteiger partial charge in [-0.3, -0.25) is 0 Å². The van der Waals surface area contributed by atoms with Crippen molar-refractivity contribution in [2.24, 2.45) is 11.8 Å². The molecule has 0 aromatic rings. The molecule has 0 bridgehead atoms. The minimum absolute atomic E-state index is 0.655. The van der Waals surface area contributed by atoms with Crippen LogP contribution in [0.2, 0.25) is 0 Å². The fourth-order valence-electron chi connectivity index (χ4n) is 0.761. The molecule has 0 aliphatic heterocycles. The Kier molecular flexibility index (Phi) is 43.2. The zero-order valence-electron chi connectivity index (χ0n) is 15.3. The molecule has 0 spiro atoms. The van der Waals surface area contributed by atoms with Crippen LogP contribution in [0.3, 0.4) is 0 Å². The monoisotopic (exact) mass is 270 g/mol. The highest BCUT2D eigenvalue weighted by Gasteiger charge is 1.99. The first-order valence-corrected chi connectivity index (χ1v) is 8.28. The third-order valence-corrected chi connectivity index (χ3v) is 2.38. The standard InChI is InChI=1S/C10H18.C4H10.C3H8.C2H6/c1-5-9(3)7-8-10(4)6-2;1-3-4-2;1-3-2;1-2/h5-6,9-10H,1-2,7-8H2,3-4H3;3-4H2,1-2H3;3H2,1-2H3;1-2H3. The van der Waals surface area contributed by atoms with Gasteiger partial charge >= 0.3 is 0 Å². The van der Waals surface area contributed by atoms with Gasteiger partial charge in [0.05, 0.1) is 0 Å². The van der Waals surface area contributed by atoms with Crippen molar-refractivity contribution in [3.05, 3.63) is 25.3 Å². The lowest BCUT2D eigenvalue weighted by molar-refractivity contribution is 0.536. The van der Waals surface area contributed by atoms with Gasteiger partial charge in [0, 0.05) is 0 Å². The Labute approximate surface area is 125 Å². The Morgan fingerprint density at radius 2 is 0.947 bits per heavy atom. The van der Waals surface area contributed by atoms with Gasteiger partial charge in [0.15, 0.2) is 0 Å². The highest BCUT2D eigenvalue weighted by Crippen LogP contribution is 2.12. The summed E-state index contributed by atoms with van der Waals surface area (Å²) in [6, 6.07) is 0. The van der Waals surface area contributed by atoms with E-state index in [0.29, 0.717) is 11.8 Å². The van der Waals surface area contributed by atoms with Crippen LogP contribution in [0.5, 0.6) is 0 Å². The highest BCUT2D eigenvalue weighted by molar-refractivity contribution is 4.79. The van der Waals surface area contributed by atoms with Gasteiger partial charge in [-0.05, 0) is 24.7 Å². The third kappa shape index (κ3) is 46.6. The Balaban J connectivity index is -0.000000104. The fraction of sp³-hybridized carbons (Fsp3) is 0.789. The van der Waals surface area contributed by atoms with E-state index < -0.39 is 0 Å². The van der Waals surface area contributed by atoms with Crippen molar-refractivity contribution in [3.8, 4) is 0 Å². The molecule has 0 amide bonds. The molecule has 0 radical (unpaired) electrons. The summed E-state index contributed by atoms with van der Waals surface area (Å²) in [5.74, 6) is 1.31. The molecular formula is C19H42. The van der Waals surface area contributed by atoms with Crippen LogP contribution in [0.15, 0.2) is 25.3 Å². The van der Waals surface area contributed by atoms with Gasteiger partial charge in [0.25, 0.3) is 0 Å². The van der Waals surface area contributed by atoms with Crippen molar-refractivity contribution >= 4 is 0 Å². The average molecular weight is 271 g/mol. The Morgan fingerprint density at radius 1 is 0.737 bits per heavy atom. The highest BCUT2D eigenvalue weighted by atomic mass is 14.0. The Morgan fingerprint density at radius 3 is 1.05 bits per heavy atom. The molecule has 2 atom stereocenters. The first kappa shape index (κ1) is 26.9. The number of rotatable bonds is 6. The van der Waals surface area contributed by atoms with E-state index in [1.807, 2.05) is 26.0 Å². The number of hydrogen-bond donors (Lipinski definition) is 0. The summed E-state index contributed by atoms with van der Waals surface area (Å²) in [7, 11) is 0. The van der Waals surface area contributed by atoms with Crippen LogP contribution < -0.4 is 0 Å². The molecule has 19 heavy (non-hydrogen) atoms. The fourth-order valence-corrected chi connectivity index (χ4v) is 0.761. The van der Waals surface area contributed by atoms with Gasteiger partial charge in [-0.15, -0.1) is 13.2 Å². The molecule has 0 saturated heterocycles. The first-order chi connectivity index (χ1) is 9.03. The maximum absolute atomic E-state index is 3.74. The summed E-state index contributed by atoms with van der Waals surface area (Å²) in [6.07, 6.45) is 10.4. The van der Waals surface area contributed by atoms with Crippen molar-refractivity contribution < 1.29 is 0 Å². The lowest BCUT2D eigenvalue weighted by Gasteiger charge is -2.07. The summed E-state index contributed by atoms with van der Waals surface area (Å²) in [4.78, 5) is 0. The Bertz CT molecular complexity index is 119. The van der Waals surface area contributed by atoms with E-state index in [1.54, 1.807) is 0 Å². The molecule has 0 fully saturated rings. The van der Waals surface area contributed by atoms with Gasteiger partial charge in [-0.2, -0.15) is 0 Å². The second-order valence-electron chi connectivity index (χ2n) is 4.71. The molecule has 0 heterocycles. The minimum Gasteiger partial charge on any atom is -0.103 e. The van der Waals surface area contributed by atoms with E-state index >= 15 is 0 Å². The summed E-state index contributed by atoms with van der Waals surface area (Å²) in [5, 5.41) is 0. The van der Waals surface area contributed by atoms with E-state index in [1.165, 1.54) is 32.1 Å². The van der Waals surface area contributed by atoms with E-state index in [0.717, 1.165) is 0 Å². The topological polar surface area (TPSA) is 0 Å². The summed E-state index contributed by atoms with van der Waals surface area (Å²) in [6.45, 7) is 24.5. The largest absolute Gasteiger partial charge is 0.103 e. The number of unbranched alkanes of at least 4 members (excludes halogenated alkanes) is 1. The van der Waals surface area contributed by atoms with Crippen molar-refractivity contribution in [2.45, 2.75) is 87.5 Å². The Hall–Kier alpha value is -0.520. The number of hydrogen-bond acceptors (Lipinski definition) is 0. The van der Waals surface area contributed by atoms with Crippen LogP contribution in [0.4, 0.5) is 0 Å². The molecular weight excluding hydrogens is 228 g/mol. The molecule has 0 N–H and O–H groups in total. The summed E-state index contributed by atoms with van der Waals surface area (Å²) < 4.78 is 0. The van der Waals surface area contributed by atoms with Gasteiger partial charge in [-0.25, -0.2) is 0 Å². The second-order valence-corrected chi connectivity index (χ2v) is 4.71. The molecule has 2 unspecified atom stereocenters. The summed E-state index contributed by atoms with van der Waals surface area (Å²) >= 11 is 0. The maximum Gasteiger partial charge on any atom is -0.0264 e. The second kappa shape index (κ2) is 30.5. The molecule has 0 aromatic carbocycles. The number of allylic oxidation sites excluding steroid dienone is 2. The smallest absolute Gasteiger partial charge is 0.0264 e. The van der Waals surface area contributed by atoms with Crippen molar-refractivity contribution in [1.29, 1.82) is 0 Å². The SMILES string of the molecule is C=CC(C)CCC(C)C=C.CC.CCC.CCCC. The maximum atomic E-state index is 3.74. The first-order valence-electron chi connectivity index (χ1n) is 8.28. The zero-order chi connectivity index (χ0) is 16.1. The van der Waals surface area contributed by atoms with Crippen molar-refractivity contribution in [1.82, 2.24) is 0 Å². The minimum atomic E-state index is 0.655. The normalized spacial score (nSPS) is 11.2. The summed E-state index contributed by atoms with van der Waals surface area (Å²) in [5.41, 5.74) is 0. The molecule has 0 aromatic heterocycles. The molecule has 0 aliphatic carbocycles. The van der Waals surface area contributed by atoms with Crippen LogP contribution in [-0.2, 0) is 0 Å². The average Bonchev–Trinajstić information content (AvgIpc) is 2.47. The molecule has 0 nitrogen and oxygen atoms in total. The van der Waals surface area contributed by atoms with Crippen molar-refractivity contribution in [3.63, 3.8) is 0 Å². The quantitative estimate of drug-likeness (QED) is 0.434. The van der Waals surface area contributed by atoms with Gasteiger partial charge in [-0.1, -0.05) is 86.8 Å². The van der Waals surface area contributed by atoms with Crippen LogP contribution in [0.25, 0.3) is 0 Å². The van der Waals surface area contributed by atoms with E-state index in [2.05, 4.69) is 54.7 Å². The molecule has 0 aliphatic rings. The van der Waals surface area contributed by atoms with Crippen LogP contribution in [0.1, 0.15) is 87.5 Å². The molecule has 0 rings (SSSR count). The van der Waals surface area contributed by atoms with E-state index in [-0.39, 0.29) is 0 Å². The predicted octanol–water partition coefficient (Wildman–Crippen LogP) is 7.66. The lowest BCUT2D eigenvalue weighted by atomic mass is 9.98. The third-order valence-electron chi connectivity index (χ3n) is 2.38. The van der Waals surface area contributed by atoms with Crippen LogP contribution in [0, 0.1) is 11.8 Å². The molecule has 118 valence electrons. The van der Waals surface area contributed by atoms with Gasteiger partial charge in [0.1, 0.15) is 0 Å². The van der Waals surface area contributed by atoms with Gasteiger partial charge in [0.2, 0.25) is 0 Å². The zero-order valence-corrected chi connectivity index (χ0v) is 15.3. The predicted molar refractivity (Wildman–Crippen MR) is 95.9 cm³/mol. The van der Waals surface area contributed by atoms with E-state index in [9.17, 15) is 0 Å². The lowest BCUT2D eigenvalue weighted by Crippen LogP contribution is -1.94. The van der Waals surface area contributed by atoms with Crippen LogP contribution in [-0.4, -0.2) is 0 Å². The van der Waals surface area contributed by atoms with Crippen molar-refractivity contribution in [2.75, 3.05) is 0 Å². The molecule has 0 heteroatoms. The van der Waals surface area contributed by atoms with Gasteiger partial charge < -0.3 is 0 Å².